The second kappa shape index (κ2) is 5.87. The zero-order valence-electron chi connectivity index (χ0n) is 4.78. The van der Waals surface area contributed by atoms with Gasteiger partial charge in [0.05, 0.1) is 5.75 Å². The maximum Gasteiger partial charge on any atom is 0.432 e. The Labute approximate surface area is 58.1 Å². The number of ketones is 1. The fourth-order valence-electron chi connectivity index (χ4n) is 0.302. The minimum absolute atomic E-state index is 0.236. The van der Waals surface area contributed by atoms with E-state index in [1.54, 1.807) is 17.8 Å². The van der Waals surface area contributed by atoms with E-state index in [1.165, 1.54) is 0 Å². The summed E-state index contributed by atoms with van der Waals surface area (Å²) in [5.74, 6) is 0.889. The lowest BCUT2D eigenvalue weighted by Crippen LogP contribution is -1.86. The van der Waals surface area contributed by atoms with E-state index >= 15 is 0 Å². The molecule has 50 valence electrons. The van der Waals surface area contributed by atoms with E-state index in [1.807, 2.05) is 5.41 Å². The molecule has 0 aromatic heterocycles. The number of rotatable bonds is 0. The summed E-state index contributed by atoms with van der Waals surface area (Å²) in [6.45, 7) is 0. The van der Waals surface area contributed by atoms with E-state index in [4.69, 9.17) is 10.0 Å². The van der Waals surface area contributed by atoms with Gasteiger partial charge in [0, 0.05) is 0 Å². The van der Waals surface area contributed by atoms with Crippen molar-refractivity contribution < 1.29 is 14.8 Å². The fourth-order valence-corrected chi connectivity index (χ4v) is 0.907. The van der Waals surface area contributed by atoms with Gasteiger partial charge in [-0.2, -0.15) is 0 Å². The fraction of sp³-hybridized carbons (Fsp3) is 0.250. The van der Waals surface area contributed by atoms with Crippen molar-refractivity contribution in [2.75, 3.05) is 5.75 Å². The maximum absolute atomic E-state index is 10.1. The van der Waals surface area contributed by atoms with E-state index in [0.29, 0.717) is 5.75 Å². The van der Waals surface area contributed by atoms with Gasteiger partial charge >= 0.3 is 7.69 Å². The molecule has 0 fully saturated rings. The van der Waals surface area contributed by atoms with Gasteiger partial charge in [0.1, 0.15) is 0 Å². The summed E-state index contributed by atoms with van der Waals surface area (Å²) in [5.41, 5.74) is 0. The molecule has 0 bridgehead atoms. The number of hydrogen-bond donors (Lipinski definition) is 2. The first-order valence-corrected chi connectivity index (χ1v) is 3.39. The molecule has 0 aromatic carbocycles. The van der Waals surface area contributed by atoms with Crippen LogP contribution in [0.2, 0.25) is 0 Å². The highest BCUT2D eigenvalue weighted by atomic mass is 32.2. The number of thioether (sulfide) groups is 1. The van der Waals surface area contributed by atoms with Gasteiger partial charge in [-0.3, -0.25) is 4.79 Å². The Hall–Kier alpha value is -0.255. The molecule has 0 radical (unpaired) electrons. The van der Waals surface area contributed by atoms with Crippen LogP contribution in [0, 0.1) is 0 Å². The van der Waals surface area contributed by atoms with Gasteiger partial charge in [-0.25, -0.2) is 0 Å². The lowest BCUT2D eigenvalue weighted by Gasteiger charge is -1.71. The first kappa shape index (κ1) is 8.74. The SMILES string of the molecule is O=C1C=CSC1.OBO. The van der Waals surface area contributed by atoms with Crippen LogP contribution in [0.15, 0.2) is 11.5 Å². The van der Waals surface area contributed by atoms with Crippen LogP contribution in [0.1, 0.15) is 0 Å². The van der Waals surface area contributed by atoms with Crippen molar-refractivity contribution in [2.45, 2.75) is 0 Å². The quantitative estimate of drug-likeness (QED) is 0.432. The second-order valence-electron chi connectivity index (χ2n) is 1.22. The Balaban J connectivity index is 0.000000187. The molecule has 1 aliphatic heterocycles. The molecule has 9 heavy (non-hydrogen) atoms. The van der Waals surface area contributed by atoms with Gasteiger partial charge < -0.3 is 10.0 Å². The third kappa shape index (κ3) is 5.62. The predicted octanol–water partition coefficient (Wildman–Crippen LogP) is -0.947. The third-order valence-electron chi connectivity index (χ3n) is 0.576. The highest BCUT2D eigenvalue weighted by Crippen LogP contribution is 2.08. The molecule has 0 amide bonds. The molecule has 5 heteroatoms. The molecule has 0 unspecified atom stereocenters. The molecule has 3 nitrogen and oxygen atoms in total. The van der Waals surface area contributed by atoms with Crippen LogP contribution in [0.3, 0.4) is 0 Å². The van der Waals surface area contributed by atoms with Gasteiger partial charge in [0.15, 0.2) is 5.78 Å². The number of hydrogen-bond acceptors (Lipinski definition) is 4. The number of allylic oxidation sites excluding steroid dienone is 1. The van der Waals surface area contributed by atoms with Crippen molar-refractivity contribution in [3.8, 4) is 0 Å². The molecule has 1 aliphatic rings. The first-order valence-electron chi connectivity index (χ1n) is 2.34. The van der Waals surface area contributed by atoms with Crippen LogP contribution >= 0.6 is 11.8 Å². The molecule has 0 aromatic rings. The van der Waals surface area contributed by atoms with Crippen LogP contribution in [0.25, 0.3) is 0 Å². The summed E-state index contributed by atoms with van der Waals surface area (Å²) in [6, 6.07) is 0. The zero-order valence-corrected chi connectivity index (χ0v) is 5.60. The Kier molecular flexibility index (Phi) is 5.71. The normalized spacial score (nSPS) is 14.7. The predicted molar refractivity (Wildman–Crippen MR) is 38.2 cm³/mol. The lowest BCUT2D eigenvalue weighted by molar-refractivity contribution is -0.112. The summed E-state index contributed by atoms with van der Waals surface area (Å²) in [4.78, 5) is 10.1. The molecule has 0 atom stereocenters. The molecule has 0 aliphatic carbocycles. The van der Waals surface area contributed by atoms with Crippen molar-refractivity contribution in [1.29, 1.82) is 0 Å². The molecule has 2 N–H and O–H groups in total. The van der Waals surface area contributed by atoms with Crippen molar-refractivity contribution in [1.82, 2.24) is 0 Å². The van der Waals surface area contributed by atoms with Gasteiger partial charge in [-0.15, -0.1) is 11.8 Å². The van der Waals surface area contributed by atoms with Crippen molar-refractivity contribution in [3.05, 3.63) is 11.5 Å². The molecule has 1 heterocycles. The van der Waals surface area contributed by atoms with Gasteiger partial charge in [0.2, 0.25) is 0 Å². The zero-order chi connectivity index (χ0) is 7.11. The van der Waals surface area contributed by atoms with Crippen LogP contribution in [-0.4, -0.2) is 29.3 Å². The number of carbonyl (C=O) groups excluding carboxylic acids is 1. The van der Waals surface area contributed by atoms with Crippen molar-refractivity contribution >= 4 is 25.2 Å². The third-order valence-corrected chi connectivity index (χ3v) is 1.36. The molecule has 0 spiro atoms. The van der Waals surface area contributed by atoms with Crippen molar-refractivity contribution in [2.24, 2.45) is 0 Å². The summed E-state index contributed by atoms with van der Waals surface area (Å²) in [7, 11) is -0.750. The molecule has 0 saturated heterocycles. The van der Waals surface area contributed by atoms with E-state index < -0.39 is 7.69 Å². The van der Waals surface area contributed by atoms with E-state index in [0.717, 1.165) is 0 Å². The average Bonchev–Trinajstić information content (AvgIpc) is 2.20. The highest BCUT2D eigenvalue weighted by molar-refractivity contribution is 8.03. The monoisotopic (exact) mass is 146 g/mol. The van der Waals surface area contributed by atoms with Gasteiger partial charge in [0.25, 0.3) is 0 Å². The second-order valence-corrected chi connectivity index (χ2v) is 2.12. The standard InChI is InChI=1S/C4H4OS.BH3O2/c5-4-1-2-6-3-4;2-1-3/h1-2H,3H2;1-3H. The van der Waals surface area contributed by atoms with Crippen LogP contribution in [0.4, 0.5) is 0 Å². The minimum atomic E-state index is -0.750. The molecule has 1 rings (SSSR count). The molecular formula is C4H7BO3S. The largest absolute Gasteiger partial charge is 0.432 e. The summed E-state index contributed by atoms with van der Waals surface area (Å²) in [5, 5.41) is 16.1. The molecular weight excluding hydrogens is 139 g/mol. The van der Waals surface area contributed by atoms with E-state index in [9.17, 15) is 4.79 Å². The summed E-state index contributed by atoms with van der Waals surface area (Å²) >= 11 is 1.55. The Morgan fingerprint density at radius 3 is 2.33 bits per heavy atom. The van der Waals surface area contributed by atoms with Gasteiger partial charge in [-0.1, -0.05) is 0 Å². The average molecular weight is 146 g/mol. The summed E-state index contributed by atoms with van der Waals surface area (Å²) in [6.07, 6.45) is 1.60. The lowest BCUT2D eigenvalue weighted by atomic mass is 10.5. The maximum atomic E-state index is 10.1. The first-order chi connectivity index (χ1) is 4.31. The topological polar surface area (TPSA) is 57.5 Å². The summed E-state index contributed by atoms with van der Waals surface area (Å²) < 4.78 is 0. The van der Waals surface area contributed by atoms with Crippen LogP contribution in [0.5, 0.6) is 0 Å². The van der Waals surface area contributed by atoms with Gasteiger partial charge in [-0.05, 0) is 11.5 Å². The smallest absolute Gasteiger partial charge is 0.430 e. The Bertz CT molecular complexity index is 114. The minimum Gasteiger partial charge on any atom is -0.430 e. The van der Waals surface area contributed by atoms with E-state index in [2.05, 4.69) is 0 Å². The Morgan fingerprint density at radius 1 is 1.67 bits per heavy atom. The van der Waals surface area contributed by atoms with E-state index in [-0.39, 0.29) is 5.78 Å². The highest BCUT2D eigenvalue weighted by Gasteiger charge is 1.99. The molecule has 0 saturated carbocycles. The van der Waals surface area contributed by atoms with Crippen LogP contribution in [-0.2, 0) is 4.79 Å². The number of carbonyl (C=O) groups is 1. The van der Waals surface area contributed by atoms with Crippen molar-refractivity contribution in [3.63, 3.8) is 0 Å². The Morgan fingerprint density at radius 2 is 2.22 bits per heavy atom. The van der Waals surface area contributed by atoms with Crippen LogP contribution < -0.4 is 0 Å².